The number of carbonyl (C=O) groups is 2. The molecule has 2 heterocycles. The summed E-state index contributed by atoms with van der Waals surface area (Å²) in [4.78, 5) is 26.8. The molecule has 0 aliphatic heterocycles. The smallest absolute Gasteiger partial charge is 0.254 e. The standard InChI is InChI=1S/C19H15N3O3/c1-21-19(24)15-9-25-17-12-5-6-22-16(12)13(8-14(15)17)10-3-2-4-11(7-10)18(20)23/h2-9,22H,1H3,(H2,20,23)(H,21,24). The molecule has 4 N–H and O–H groups in total. The quantitative estimate of drug-likeness (QED) is 0.537. The lowest BCUT2D eigenvalue weighted by atomic mass is 9.98. The van der Waals surface area contributed by atoms with Crippen LogP contribution in [0.15, 0.2) is 53.3 Å². The van der Waals surface area contributed by atoms with Gasteiger partial charge in [-0.1, -0.05) is 12.1 Å². The average Bonchev–Trinajstić information content (AvgIpc) is 3.26. The van der Waals surface area contributed by atoms with Crippen molar-refractivity contribution >= 4 is 33.7 Å². The zero-order valence-electron chi connectivity index (χ0n) is 13.4. The van der Waals surface area contributed by atoms with Crippen LogP contribution in [-0.2, 0) is 0 Å². The molecule has 0 aliphatic rings. The van der Waals surface area contributed by atoms with Gasteiger partial charge in [0.1, 0.15) is 11.8 Å². The molecule has 0 fully saturated rings. The molecule has 0 atom stereocenters. The number of aromatic nitrogens is 1. The molecule has 25 heavy (non-hydrogen) atoms. The fourth-order valence-corrected chi connectivity index (χ4v) is 3.10. The van der Waals surface area contributed by atoms with Gasteiger partial charge in [-0.05, 0) is 29.8 Å². The molecule has 0 unspecified atom stereocenters. The number of nitrogens with two attached hydrogens (primary N) is 1. The van der Waals surface area contributed by atoms with E-state index >= 15 is 0 Å². The van der Waals surface area contributed by atoms with Gasteiger partial charge in [-0.25, -0.2) is 0 Å². The van der Waals surface area contributed by atoms with E-state index < -0.39 is 5.91 Å². The van der Waals surface area contributed by atoms with Crippen LogP contribution in [0.4, 0.5) is 0 Å². The number of nitrogens with one attached hydrogen (secondary N) is 2. The number of furan rings is 1. The Kier molecular flexibility index (Phi) is 3.32. The van der Waals surface area contributed by atoms with Gasteiger partial charge in [-0.3, -0.25) is 9.59 Å². The summed E-state index contributed by atoms with van der Waals surface area (Å²) in [7, 11) is 1.58. The van der Waals surface area contributed by atoms with E-state index in [9.17, 15) is 9.59 Å². The van der Waals surface area contributed by atoms with Crippen LogP contribution in [0.5, 0.6) is 0 Å². The van der Waals surface area contributed by atoms with Crippen molar-refractivity contribution in [3.63, 3.8) is 0 Å². The lowest BCUT2D eigenvalue weighted by molar-refractivity contribution is 0.0962. The lowest BCUT2D eigenvalue weighted by Crippen LogP contribution is -2.17. The molecule has 0 saturated heterocycles. The minimum atomic E-state index is -0.486. The number of H-pyrrole nitrogens is 1. The van der Waals surface area contributed by atoms with Gasteiger partial charge in [0.15, 0.2) is 0 Å². The molecule has 2 aromatic carbocycles. The third-order valence-electron chi connectivity index (χ3n) is 4.31. The summed E-state index contributed by atoms with van der Waals surface area (Å²) < 4.78 is 5.64. The van der Waals surface area contributed by atoms with Crippen molar-refractivity contribution in [1.82, 2.24) is 10.3 Å². The van der Waals surface area contributed by atoms with Crippen LogP contribution in [0, 0.1) is 0 Å². The number of fused-ring (bicyclic) bond motifs is 3. The molecule has 0 aliphatic carbocycles. The number of hydrogen-bond acceptors (Lipinski definition) is 3. The Labute approximate surface area is 142 Å². The maximum Gasteiger partial charge on any atom is 0.254 e. The molecule has 0 radical (unpaired) electrons. The molecular weight excluding hydrogens is 318 g/mol. The second kappa shape index (κ2) is 5.52. The van der Waals surface area contributed by atoms with E-state index in [-0.39, 0.29) is 5.91 Å². The average molecular weight is 333 g/mol. The Balaban J connectivity index is 2.05. The Hall–Kier alpha value is -3.54. The molecule has 6 heteroatoms. The second-order valence-electron chi connectivity index (χ2n) is 5.74. The first-order chi connectivity index (χ1) is 12.1. The van der Waals surface area contributed by atoms with Gasteiger partial charge in [0.05, 0.1) is 11.1 Å². The molecule has 0 spiro atoms. The molecule has 2 aromatic heterocycles. The number of hydrogen-bond donors (Lipinski definition) is 3. The molecule has 2 amide bonds. The highest BCUT2D eigenvalue weighted by Gasteiger charge is 2.18. The summed E-state index contributed by atoms with van der Waals surface area (Å²) >= 11 is 0. The minimum absolute atomic E-state index is 0.217. The molecular formula is C19H15N3O3. The molecule has 4 aromatic rings. The Bertz CT molecular complexity index is 1140. The predicted octanol–water partition coefficient (Wildman–Crippen LogP) is 3.04. The molecule has 6 nitrogen and oxygen atoms in total. The Morgan fingerprint density at radius 2 is 2.00 bits per heavy atom. The third-order valence-corrected chi connectivity index (χ3v) is 4.31. The van der Waals surface area contributed by atoms with E-state index in [1.165, 1.54) is 6.26 Å². The first-order valence-electron chi connectivity index (χ1n) is 7.73. The molecule has 0 bridgehead atoms. The van der Waals surface area contributed by atoms with Gasteiger partial charge < -0.3 is 20.5 Å². The topological polar surface area (TPSA) is 101 Å². The Morgan fingerprint density at radius 1 is 1.16 bits per heavy atom. The normalized spacial score (nSPS) is 11.1. The van der Waals surface area contributed by atoms with Gasteiger partial charge >= 0.3 is 0 Å². The highest BCUT2D eigenvalue weighted by Crippen LogP contribution is 2.36. The van der Waals surface area contributed by atoms with E-state index in [2.05, 4.69) is 10.3 Å². The fraction of sp³-hybridized carbons (Fsp3) is 0.0526. The highest BCUT2D eigenvalue weighted by atomic mass is 16.3. The first kappa shape index (κ1) is 15.0. The minimum Gasteiger partial charge on any atom is -0.463 e. The van der Waals surface area contributed by atoms with Crippen molar-refractivity contribution in [3.05, 3.63) is 60.0 Å². The van der Waals surface area contributed by atoms with E-state index in [4.69, 9.17) is 10.2 Å². The summed E-state index contributed by atoms with van der Waals surface area (Å²) in [5.74, 6) is -0.703. The van der Waals surface area contributed by atoms with Crippen LogP contribution >= 0.6 is 0 Å². The number of benzene rings is 2. The maximum absolute atomic E-state index is 12.1. The van der Waals surface area contributed by atoms with Crippen LogP contribution in [0.25, 0.3) is 33.0 Å². The van der Waals surface area contributed by atoms with E-state index in [1.807, 2.05) is 24.4 Å². The summed E-state index contributed by atoms with van der Waals surface area (Å²) in [5, 5.41) is 4.20. The largest absolute Gasteiger partial charge is 0.463 e. The lowest BCUT2D eigenvalue weighted by Gasteiger charge is -2.07. The van der Waals surface area contributed by atoms with Crippen molar-refractivity contribution in [2.75, 3.05) is 7.05 Å². The number of amides is 2. The molecule has 0 saturated carbocycles. The van der Waals surface area contributed by atoms with Crippen molar-refractivity contribution in [2.24, 2.45) is 5.73 Å². The Morgan fingerprint density at radius 3 is 2.76 bits per heavy atom. The van der Waals surface area contributed by atoms with Crippen molar-refractivity contribution in [1.29, 1.82) is 0 Å². The van der Waals surface area contributed by atoms with E-state index in [1.54, 1.807) is 25.2 Å². The zero-order chi connectivity index (χ0) is 17.6. The van der Waals surface area contributed by atoms with Gasteiger partial charge in [0, 0.05) is 35.1 Å². The maximum atomic E-state index is 12.1. The van der Waals surface area contributed by atoms with Crippen molar-refractivity contribution < 1.29 is 14.0 Å². The fourth-order valence-electron chi connectivity index (χ4n) is 3.10. The monoisotopic (exact) mass is 333 g/mol. The van der Waals surface area contributed by atoms with Crippen LogP contribution in [0.1, 0.15) is 20.7 Å². The number of primary amides is 1. The van der Waals surface area contributed by atoms with Gasteiger partial charge in [-0.2, -0.15) is 0 Å². The van der Waals surface area contributed by atoms with Crippen LogP contribution in [0.2, 0.25) is 0 Å². The molecule has 124 valence electrons. The summed E-state index contributed by atoms with van der Waals surface area (Å²) in [5.41, 5.74) is 9.49. The van der Waals surface area contributed by atoms with Crippen LogP contribution in [0.3, 0.4) is 0 Å². The predicted molar refractivity (Wildman–Crippen MR) is 95.4 cm³/mol. The van der Waals surface area contributed by atoms with E-state index in [0.29, 0.717) is 22.1 Å². The van der Waals surface area contributed by atoms with Crippen LogP contribution in [-0.4, -0.2) is 23.8 Å². The zero-order valence-corrected chi connectivity index (χ0v) is 13.4. The van der Waals surface area contributed by atoms with Crippen molar-refractivity contribution in [3.8, 4) is 11.1 Å². The number of aromatic amines is 1. The highest BCUT2D eigenvalue weighted by molar-refractivity contribution is 6.16. The van der Waals surface area contributed by atoms with E-state index in [0.717, 1.165) is 22.0 Å². The van der Waals surface area contributed by atoms with Gasteiger partial charge in [0.25, 0.3) is 5.91 Å². The molecule has 4 rings (SSSR count). The second-order valence-corrected chi connectivity index (χ2v) is 5.74. The number of rotatable bonds is 3. The summed E-state index contributed by atoms with van der Waals surface area (Å²) in [6, 6.07) is 10.9. The van der Waals surface area contributed by atoms with Gasteiger partial charge in [-0.15, -0.1) is 0 Å². The van der Waals surface area contributed by atoms with Crippen molar-refractivity contribution in [2.45, 2.75) is 0 Å². The third kappa shape index (κ3) is 2.27. The first-order valence-corrected chi connectivity index (χ1v) is 7.73. The van der Waals surface area contributed by atoms with Gasteiger partial charge in [0.2, 0.25) is 5.91 Å². The summed E-state index contributed by atoms with van der Waals surface area (Å²) in [6.45, 7) is 0. The number of carbonyl (C=O) groups excluding carboxylic acids is 2. The summed E-state index contributed by atoms with van der Waals surface area (Å²) in [6.07, 6.45) is 3.27. The van der Waals surface area contributed by atoms with Crippen LogP contribution < -0.4 is 11.1 Å². The SMILES string of the molecule is CNC(=O)c1coc2c1cc(-c1cccc(C(N)=O)c1)c1[nH]ccc12.